The minimum atomic E-state index is -0.913. The molecule has 1 heterocycles. The molecule has 1 saturated heterocycles. The molecule has 0 spiro atoms. The Labute approximate surface area is 172 Å². The second kappa shape index (κ2) is 6.85. The van der Waals surface area contributed by atoms with E-state index in [9.17, 15) is 9.90 Å². The van der Waals surface area contributed by atoms with Crippen molar-refractivity contribution in [3.05, 3.63) is 42.0 Å². The quantitative estimate of drug-likeness (QED) is 0.788. The molecule has 1 aromatic rings. The predicted molar refractivity (Wildman–Crippen MR) is 109 cm³/mol. The average Bonchev–Trinajstić information content (AvgIpc) is 2.68. The number of methoxy groups -OCH3 is 1. The lowest BCUT2D eigenvalue weighted by Gasteiger charge is -2.63. The normalized spacial score (nSPS) is 36.3. The van der Waals surface area contributed by atoms with E-state index < -0.39 is 5.60 Å². The fourth-order valence-corrected chi connectivity index (χ4v) is 6.28. The third-order valence-electron chi connectivity index (χ3n) is 8.22. The number of ether oxygens (including phenoxy) is 1. The lowest BCUT2D eigenvalue weighted by atomic mass is 9.48. The van der Waals surface area contributed by atoms with Crippen LogP contribution in [0.2, 0.25) is 0 Å². The molecule has 0 radical (unpaired) electrons. The maximum absolute atomic E-state index is 12.6. The molecule has 2 bridgehead atoms. The number of fused-ring (bicyclic) bond motifs is 1. The first kappa shape index (κ1) is 19.1. The van der Waals surface area contributed by atoms with E-state index >= 15 is 0 Å². The molecule has 2 saturated carbocycles. The van der Waals surface area contributed by atoms with Gasteiger partial charge in [0.25, 0.3) is 0 Å². The Morgan fingerprint density at radius 1 is 1.31 bits per heavy atom. The van der Waals surface area contributed by atoms with Crippen LogP contribution >= 0.6 is 0 Å². The van der Waals surface area contributed by atoms with Gasteiger partial charge in [-0.1, -0.05) is 18.6 Å². The number of hydroxylamine groups is 2. The largest absolute Gasteiger partial charge is 0.497 e. The highest BCUT2D eigenvalue weighted by atomic mass is 16.7. The summed E-state index contributed by atoms with van der Waals surface area (Å²) in [6, 6.07) is 6.04. The molecule has 5 rings (SSSR count). The zero-order chi connectivity index (χ0) is 20.2. The molecule has 3 fully saturated rings. The van der Waals surface area contributed by atoms with E-state index in [1.165, 1.54) is 11.1 Å². The molecule has 1 N–H and O–H groups in total. The van der Waals surface area contributed by atoms with E-state index in [0.717, 1.165) is 44.3 Å². The Morgan fingerprint density at radius 2 is 2.14 bits per heavy atom. The standard InChI is InChI=1S/C24H31NO4/c1-3-16-9-10-24(27)21-13-18-7-8-19(28-2)14-20(18)23(24,15-16)11-12-25(21)29-22(26)17-5-4-6-17/h3,7-8,14,16-17,21,27H,1,4-6,9-13,15H2,2H3/t16?,21-,23-,24-/m1/s1. The lowest BCUT2D eigenvalue weighted by molar-refractivity contribution is -0.272. The molecule has 3 aliphatic carbocycles. The molecule has 0 aromatic heterocycles. The second-order valence-corrected chi connectivity index (χ2v) is 9.42. The number of nitrogens with zero attached hydrogens (tertiary/aromatic N) is 1. The maximum Gasteiger partial charge on any atom is 0.328 e. The van der Waals surface area contributed by atoms with Gasteiger partial charge < -0.3 is 14.7 Å². The molecular formula is C24H31NO4. The Balaban J connectivity index is 1.55. The van der Waals surface area contributed by atoms with E-state index in [1.807, 2.05) is 17.2 Å². The molecule has 1 aliphatic heterocycles. The second-order valence-electron chi connectivity index (χ2n) is 9.42. The van der Waals surface area contributed by atoms with Crippen LogP contribution in [0, 0.1) is 11.8 Å². The van der Waals surface area contributed by atoms with Crippen LogP contribution in [-0.2, 0) is 21.5 Å². The van der Waals surface area contributed by atoms with Gasteiger partial charge in [0, 0.05) is 12.0 Å². The maximum atomic E-state index is 12.6. The number of carbonyl (C=O) groups excluding carboxylic acids is 1. The van der Waals surface area contributed by atoms with Crippen LogP contribution in [0.4, 0.5) is 0 Å². The first-order chi connectivity index (χ1) is 14.0. The van der Waals surface area contributed by atoms with Crippen molar-refractivity contribution in [1.29, 1.82) is 0 Å². The molecule has 4 atom stereocenters. The van der Waals surface area contributed by atoms with Crippen molar-refractivity contribution in [2.24, 2.45) is 11.8 Å². The highest BCUT2D eigenvalue weighted by Gasteiger charge is 2.65. The van der Waals surface area contributed by atoms with E-state index in [4.69, 9.17) is 9.57 Å². The van der Waals surface area contributed by atoms with Crippen LogP contribution in [0.25, 0.3) is 0 Å². The monoisotopic (exact) mass is 397 g/mol. The Hall–Kier alpha value is -1.85. The number of rotatable bonds is 4. The molecule has 5 nitrogen and oxygen atoms in total. The van der Waals surface area contributed by atoms with Gasteiger partial charge in [0.2, 0.25) is 0 Å². The van der Waals surface area contributed by atoms with E-state index in [0.29, 0.717) is 25.3 Å². The first-order valence-corrected chi connectivity index (χ1v) is 11.0. The molecule has 1 unspecified atom stereocenters. The summed E-state index contributed by atoms with van der Waals surface area (Å²) in [4.78, 5) is 18.5. The predicted octanol–water partition coefficient (Wildman–Crippen LogP) is 3.54. The van der Waals surface area contributed by atoms with Crippen LogP contribution in [0.1, 0.15) is 56.1 Å². The highest BCUT2D eigenvalue weighted by Crippen LogP contribution is 2.59. The summed E-state index contributed by atoms with van der Waals surface area (Å²) < 4.78 is 5.52. The van der Waals surface area contributed by atoms with Crippen molar-refractivity contribution in [2.75, 3.05) is 13.7 Å². The number of piperidine rings is 1. The average molecular weight is 398 g/mol. The van der Waals surface area contributed by atoms with Gasteiger partial charge in [-0.2, -0.15) is 0 Å². The van der Waals surface area contributed by atoms with Crippen molar-refractivity contribution in [1.82, 2.24) is 5.06 Å². The molecule has 0 amide bonds. The number of hydrogen-bond donors (Lipinski definition) is 1. The smallest absolute Gasteiger partial charge is 0.328 e. The Morgan fingerprint density at radius 3 is 2.83 bits per heavy atom. The third kappa shape index (κ3) is 2.70. The van der Waals surface area contributed by atoms with E-state index in [2.05, 4.69) is 18.7 Å². The molecular weight excluding hydrogens is 366 g/mol. The molecule has 156 valence electrons. The molecule has 5 heteroatoms. The van der Waals surface area contributed by atoms with E-state index in [1.54, 1.807) is 7.11 Å². The lowest BCUT2D eigenvalue weighted by Crippen LogP contribution is -2.73. The van der Waals surface area contributed by atoms with Crippen LogP contribution in [-0.4, -0.2) is 41.4 Å². The molecule has 1 aromatic carbocycles. The summed E-state index contributed by atoms with van der Waals surface area (Å²) >= 11 is 0. The Kier molecular flexibility index (Phi) is 4.52. The highest BCUT2D eigenvalue weighted by molar-refractivity contribution is 5.73. The fraction of sp³-hybridized carbons (Fsp3) is 0.625. The molecule has 29 heavy (non-hydrogen) atoms. The Bertz CT molecular complexity index is 834. The van der Waals surface area contributed by atoms with Crippen molar-refractivity contribution in [3.63, 3.8) is 0 Å². The summed E-state index contributed by atoms with van der Waals surface area (Å²) in [5, 5.41) is 14.0. The summed E-state index contributed by atoms with van der Waals surface area (Å²) in [6.07, 6.45) is 8.95. The summed E-state index contributed by atoms with van der Waals surface area (Å²) in [6.45, 7) is 4.70. The zero-order valence-electron chi connectivity index (χ0n) is 17.2. The van der Waals surface area contributed by atoms with Gasteiger partial charge in [-0.05, 0) is 74.1 Å². The van der Waals surface area contributed by atoms with Gasteiger partial charge in [0.1, 0.15) is 5.75 Å². The topological polar surface area (TPSA) is 59.0 Å². The summed E-state index contributed by atoms with van der Waals surface area (Å²) in [5.74, 6) is 1.14. The van der Waals surface area contributed by atoms with Gasteiger partial charge in [-0.3, -0.25) is 4.79 Å². The van der Waals surface area contributed by atoms with Gasteiger partial charge in [0.15, 0.2) is 0 Å². The number of hydrogen-bond acceptors (Lipinski definition) is 5. The summed E-state index contributed by atoms with van der Waals surface area (Å²) in [5.41, 5.74) is 1.18. The minimum Gasteiger partial charge on any atom is -0.497 e. The SMILES string of the molecule is C=CC1CC[C@@]2(O)[C@H]3Cc4ccc(OC)cc4[C@@]2(CCN3OC(=O)C2CCC2)C1. The number of benzene rings is 1. The zero-order valence-corrected chi connectivity index (χ0v) is 17.2. The number of aliphatic hydroxyl groups is 1. The minimum absolute atomic E-state index is 0.0352. The third-order valence-corrected chi connectivity index (χ3v) is 8.22. The van der Waals surface area contributed by atoms with Crippen molar-refractivity contribution >= 4 is 5.97 Å². The van der Waals surface area contributed by atoms with E-state index in [-0.39, 0.29) is 23.3 Å². The van der Waals surface area contributed by atoms with Crippen molar-refractivity contribution in [2.45, 2.75) is 68.4 Å². The van der Waals surface area contributed by atoms with Gasteiger partial charge >= 0.3 is 5.97 Å². The van der Waals surface area contributed by atoms with Gasteiger partial charge in [0.05, 0.1) is 24.7 Å². The summed E-state index contributed by atoms with van der Waals surface area (Å²) in [7, 11) is 1.69. The van der Waals surface area contributed by atoms with Crippen molar-refractivity contribution in [3.8, 4) is 5.75 Å². The number of allylic oxidation sites excluding steroid dienone is 1. The number of carbonyl (C=O) groups is 1. The first-order valence-electron chi connectivity index (χ1n) is 11.0. The van der Waals surface area contributed by atoms with Gasteiger partial charge in [-0.15, -0.1) is 11.6 Å². The van der Waals surface area contributed by atoms with Crippen molar-refractivity contribution < 1.29 is 19.5 Å². The van der Waals surface area contributed by atoms with Crippen LogP contribution in [0.5, 0.6) is 5.75 Å². The molecule has 4 aliphatic rings. The van der Waals surface area contributed by atoms with Gasteiger partial charge in [-0.25, -0.2) is 0 Å². The van der Waals surface area contributed by atoms with Crippen LogP contribution < -0.4 is 4.74 Å². The van der Waals surface area contributed by atoms with Crippen LogP contribution in [0.15, 0.2) is 30.9 Å². The van der Waals surface area contributed by atoms with Crippen LogP contribution in [0.3, 0.4) is 0 Å². The fourth-order valence-electron chi connectivity index (χ4n) is 6.28.